The van der Waals surface area contributed by atoms with Crippen molar-refractivity contribution in [3.05, 3.63) is 78.1 Å². The Hall–Kier alpha value is -2.64. The molecule has 0 bridgehead atoms. The maximum absolute atomic E-state index is 14.2. The summed E-state index contributed by atoms with van der Waals surface area (Å²) in [6.07, 6.45) is 0. The van der Waals surface area contributed by atoms with Gasteiger partial charge in [0, 0.05) is 9.79 Å². The molecule has 0 amide bonds. The maximum Gasteiger partial charge on any atom is 0.346 e. The van der Waals surface area contributed by atoms with E-state index in [1.807, 2.05) is 0 Å². The number of ether oxygens (including phenoxy) is 1. The van der Waals surface area contributed by atoms with E-state index in [0.29, 0.717) is 20.9 Å². The van der Waals surface area contributed by atoms with Gasteiger partial charge in [0.25, 0.3) is 0 Å². The van der Waals surface area contributed by atoms with E-state index in [9.17, 15) is 18.8 Å². The summed E-state index contributed by atoms with van der Waals surface area (Å²) in [5.74, 6) is -1.44. The number of carbonyl (C=O) groups is 3. The molecule has 4 nitrogen and oxygen atoms in total. The molecule has 0 unspecified atom stereocenters. The van der Waals surface area contributed by atoms with Gasteiger partial charge >= 0.3 is 5.97 Å². The number of hydrogen-bond acceptors (Lipinski definition) is 6. The fourth-order valence-corrected chi connectivity index (χ4v) is 3.20. The predicted octanol–water partition coefficient (Wildman–Crippen LogP) is 5.43. The third kappa shape index (κ3) is 5.94. The Morgan fingerprint density at radius 3 is 1.86 bits per heavy atom. The van der Waals surface area contributed by atoms with E-state index in [0.717, 1.165) is 29.6 Å². The Morgan fingerprint density at radius 2 is 1.36 bits per heavy atom. The van der Waals surface area contributed by atoms with Gasteiger partial charge in [-0.2, -0.15) is 0 Å². The molecule has 0 aliphatic heterocycles. The zero-order chi connectivity index (χ0) is 20.8. The molecular formula is C21H17FO4S2. The van der Waals surface area contributed by atoms with Crippen molar-refractivity contribution in [3.63, 3.8) is 0 Å². The third-order valence-corrected chi connectivity index (χ3v) is 5.38. The van der Waals surface area contributed by atoms with E-state index in [1.54, 1.807) is 26.0 Å². The summed E-state index contributed by atoms with van der Waals surface area (Å²) < 4.78 is 19.4. The lowest BCUT2D eigenvalue weighted by Crippen LogP contribution is -2.10. The minimum Gasteiger partial charge on any atom is -0.423 e. The van der Waals surface area contributed by atoms with Gasteiger partial charge in [0.1, 0.15) is 11.6 Å². The van der Waals surface area contributed by atoms with Crippen molar-refractivity contribution in [2.24, 2.45) is 0 Å². The fraction of sp³-hybridized carbons (Fsp3) is 0.0952. The second-order valence-corrected chi connectivity index (χ2v) is 7.93. The van der Waals surface area contributed by atoms with Crippen LogP contribution in [0.4, 0.5) is 4.39 Å². The monoisotopic (exact) mass is 416 g/mol. The Bertz CT molecular complexity index is 965. The van der Waals surface area contributed by atoms with Crippen LogP contribution in [0.5, 0.6) is 5.75 Å². The van der Waals surface area contributed by atoms with Gasteiger partial charge in [-0.3, -0.25) is 9.59 Å². The van der Waals surface area contributed by atoms with Crippen LogP contribution in [0.15, 0.2) is 76.6 Å². The number of esters is 1. The highest BCUT2D eigenvalue weighted by molar-refractivity contribution is 8.14. The molecule has 144 valence electrons. The number of halogens is 1. The Morgan fingerprint density at radius 1 is 0.857 bits per heavy atom. The minimum absolute atomic E-state index is 0.157. The smallest absolute Gasteiger partial charge is 0.346 e. The lowest BCUT2D eigenvalue weighted by atomic mass is 10.2. The van der Waals surface area contributed by atoms with Crippen molar-refractivity contribution < 1.29 is 23.5 Å². The number of carbonyl (C=O) groups excluding carboxylic acids is 3. The average molecular weight is 416 g/mol. The molecule has 0 aliphatic carbocycles. The summed E-state index contributed by atoms with van der Waals surface area (Å²) in [5.41, 5.74) is 0.533. The lowest BCUT2D eigenvalue weighted by Gasteiger charge is -2.07. The number of thioether (sulfide) groups is 2. The summed E-state index contributed by atoms with van der Waals surface area (Å²) >= 11 is 1.84. The van der Waals surface area contributed by atoms with E-state index in [4.69, 9.17) is 4.74 Å². The first-order chi connectivity index (χ1) is 13.2. The molecule has 28 heavy (non-hydrogen) atoms. The van der Waals surface area contributed by atoms with Crippen LogP contribution in [-0.4, -0.2) is 16.2 Å². The van der Waals surface area contributed by atoms with Crippen LogP contribution in [0, 0.1) is 5.82 Å². The highest BCUT2D eigenvalue weighted by Gasteiger charge is 2.16. The number of benzene rings is 2. The highest BCUT2D eigenvalue weighted by Crippen LogP contribution is 2.26. The standard InChI is InChI=1S/C21H17FO4S2/c1-12(2)20(24)27-15-7-5-14(6-8-15)26-19(23)17-10-9-16(11-18(17)22)28-21(25)13(3)4/h5-11H,1,3H2,2,4H3. The maximum atomic E-state index is 14.2. The summed E-state index contributed by atoms with van der Waals surface area (Å²) in [5, 5.41) is -0.437. The first-order valence-corrected chi connectivity index (χ1v) is 9.68. The van der Waals surface area contributed by atoms with Gasteiger partial charge in [0.2, 0.25) is 10.2 Å². The molecule has 7 heteroatoms. The summed E-state index contributed by atoms with van der Waals surface area (Å²) in [6.45, 7) is 10.3. The molecular weight excluding hydrogens is 399 g/mol. The van der Waals surface area contributed by atoms with Crippen molar-refractivity contribution in [2.45, 2.75) is 23.6 Å². The highest BCUT2D eigenvalue weighted by atomic mass is 32.2. The summed E-state index contributed by atoms with van der Waals surface area (Å²) in [6, 6.07) is 10.1. The second kappa shape index (κ2) is 9.52. The van der Waals surface area contributed by atoms with Gasteiger partial charge in [0.15, 0.2) is 0 Å². The van der Waals surface area contributed by atoms with Crippen molar-refractivity contribution in [1.29, 1.82) is 0 Å². The zero-order valence-electron chi connectivity index (χ0n) is 15.3. The molecule has 0 aromatic heterocycles. The second-order valence-electron chi connectivity index (χ2n) is 5.84. The largest absolute Gasteiger partial charge is 0.423 e. The Labute approximate surface area is 170 Å². The molecule has 0 radical (unpaired) electrons. The molecule has 0 N–H and O–H groups in total. The van der Waals surface area contributed by atoms with Crippen LogP contribution < -0.4 is 4.74 Å². The topological polar surface area (TPSA) is 60.4 Å². The van der Waals surface area contributed by atoms with Gasteiger partial charge < -0.3 is 4.74 Å². The summed E-state index contributed by atoms with van der Waals surface area (Å²) in [7, 11) is 0. The SMILES string of the molecule is C=C(C)C(=O)Sc1ccc(OC(=O)c2ccc(SC(=O)C(=C)C)cc2F)cc1. The zero-order valence-corrected chi connectivity index (χ0v) is 16.9. The van der Waals surface area contributed by atoms with E-state index in [-0.39, 0.29) is 21.5 Å². The number of rotatable bonds is 6. The molecule has 2 aromatic rings. The van der Waals surface area contributed by atoms with Gasteiger partial charge in [0.05, 0.1) is 5.56 Å². The molecule has 0 spiro atoms. The molecule has 2 aromatic carbocycles. The number of hydrogen-bond donors (Lipinski definition) is 0. The van der Waals surface area contributed by atoms with Gasteiger partial charge in [-0.05, 0) is 91.0 Å². The van der Waals surface area contributed by atoms with E-state index in [2.05, 4.69) is 13.2 Å². The molecule has 0 aliphatic rings. The molecule has 0 heterocycles. The van der Waals surface area contributed by atoms with Crippen LogP contribution in [0.2, 0.25) is 0 Å². The fourth-order valence-electron chi connectivity index (χ4n) is 1.85. The summed E-state index contributed by atoms with van der Waals surface area (Å²) in [4.78, 5) is 36.5. The predicted molar refractivity (Wildman–Crippen MR) is 109 cm³/mol. The molecule has 0 saturated carbocycles. The lowest BCUT2D eigenvalue weighted by molar-refractivity contribution is -0.108. The van der Waals surface area contributed by atoms with Crippen molar-refractivity contribution in [2.75, 3.05) is 0 Å². The molecule has 2 rings (SSSR count). The van der Waals surface area contributed by atoms with Crippen LogP contribution in [-0.2, 0) is 9.59 Å². The first-order valence-electron chi connectivity index (χ1n) is 8.04. The Balaban J connectivity index is 2.06. The molecule has 0 saturated heterocycles. The van der Waals surface area contributed by atoms with Gasteiger partial charge in [-0.15, -0.1) is 0 Å². The van der Waals surface area contributed by atoms with Crippen molar-refractivity contribution in [1.82, 2.24) is 0 Å². The van der Waals surface area contributed by atoms with Crippen LogP contribution in [0.25, 0.3) is 0 Å². The average Bonchev–Trinajstić information content (AvgIpc) is 2.63. The quantitative estimate of drug-likeness (QED) is 0.271. The van der Waals surface area contributed by atoms with Gasteiger partial charge in [-0.25, -0.2) is 9.18 Å². The first kappa shape index (κ1) is 21.7. The van der Waals surface area contributed by atoms with Crippen LogP contribution >= 0.6 is 23.5 Å². The third-order valence-electron chi connectivity index (χ3n) is 3.31. The molecule has 0 fully saturated rings. The van der Waals surface area contributed by atoms with Crippen molar-refractivity contribution >= 4 is 39.7 Å². The Kier molecular flexibility index (Phi) is 7.37. The molecule has 0 atom stereocenters. The van der Waals surface area contributed by atoms with Crippen LogP contribution in [0.1, 0.15) is 24.2 Å². The van der Waals surface area contributed by atoms with E-state index in [1.165, 1.54) is 24.3 Å². The normalized spacial score (nSPS) is 10.2. The van der Waals surface area contributed by atoms with E-state index >= 15 is 0 Å². The van der Waals surface area contributed by atoms with Crippen molar-refractivity contribution in [3.8, 4) is 5.75 Å². The van der Waals surface area contributed by atoms with Crippen LogP contribution in [0.3, 0.4) is 0 Å². The van der Waals surface area contributed by atoms with Gasteiger partial charge in [-0.1, -0.05) is 13.2 Å². The minimum atomic E-state index is -0.862. The van der Waals surface area contributed by atoms with E-state index < -0.39 is 11.8 Å².